The van der Waals surface area contributed by atoms with Crippen molar-refractivity contribution in [3.63, 3.8) is 0 Å². The topological polar surface area (TPSA) is 74.8 Å². The van der Waals surface area contributed by atoms with Crippen molar-refractivity contribution in [3.8, 4) is 22.3 Å². The van der Waals surface area contributed by atoms with Gasteiger partial charge in [-0.15, -0.1) is 0 Å². The second-order valence-corrected chi connectivity index (χ2v) is 12.5. The standard InChI is InChI=1S/C43H32N2O4/c1-2-3-24-44-40(46)33-25-32(28-18-10-5-11-19-28)38-36-34(26-31(27-16-8-4-9-17-27)37(35(33)36)42(44)48)41(47)45(43(38)49)39(29-20-12-6-13-21-29)30-22-14-7-15-23-30/h4-23,25-26,39H,2-3,24H2,1H3. The van der Waals surface area contributed by atoms with Gasteiger partial charge in [-0.3, -0.25) is 29.0 Å². The van der Waals surface area contributed by atoms with Gasteiger partial charge in [0.05, 0.1) is 17.2 Å². The Hall–Kier alpha value is -6.14. The highest BCUT2D eigenvalue weighted by Gasteiger charge is 2.45. The smallest absolute Gasteiger partial charge is 0.262 e. The maximum atomic E-state index is 15.2. The maximum absolute atomic E-state index is 15.2. The lowest BCUT2D eigenvalue weighted by atomic mass is 9.78. The molecule has 49 heavy (non-hydrogen) atoms. The summed E-state index contributed by atoms with van der Waals surface area (Å²) in [6.45, 7) is 2.29. The van der Waals surface area contributed by atoms with Crippen molar-refractivity contribution < 1.29 is 19.2 Å². The molecule has 0 atom stereocenters. The first-order valence-corrected chi connectivity index (χ1v) is 16.6. The van der Waals surface area contributed by atoms with Crippen molar-refractivity contribution in [2.24, 2.45) is 0 Å². The summed E-state index contributed by atoms with van der Waals surface area (Å²) < 4.78 is 0. The van der Waals surface area contributed by atoms with Crippen LogP contribution < -0.4 is 0 Å². The number of carbonyl (C=O) groups is 4. The van der Waals surface area contributed by atoms with E-state index >= 15 is 9.59 Å². The molecule has 0 spiro atoms. The van der Waals surface area contributed by atoms with Crippen LogP contribution in [0.15, 0.2) is 133 Å². The van der Waals surface area contributed by atoms with Gasteiger partial charge in [-0.05, 0) is 51.9 Å². The van der Waals surface area contributed by atoms with Gasteiger partial charge in [-0.2, -0.15) is 0 Å². The van der Waals surface area contributed by atoms with E-state index in [9.17, 15) is 9.59 Å². The van der Waals surface area contributed by atoms with Gasteiger partial charge in [0.15, 0.2) is 0 Å². The molecule has 238 valence electrons. The molecule has 0 aromatic heterocycles. The number of amides is 4. The van der Waals surface area contributed by atoms with Crippen LogP contribution in [0.2, 0.25) is 0 Å². The first-order valence-electron chi connectivity index (χ1n) is 16.6. The van der Waals surface area contributed by atoms with Crippen molar-refractivity contribution in [1.29, 1.82) is 0 Å². The fourth-order valence-electron chi connectivity index (χ4n) is 7.34. The van der Waals surface area contributed by atoms with E-state index < -0.39 is 29.7 Å². The first kappa shape index (κ1) is 30.2. The Labute approximate surface area is 284 Å². The maximum Gasteiger partial charge on any atom is 0.262 e. The van der Waals surface area contributed by atoms with E-state index in [-0.39, 0.29) is 12.1 Å². The zero-order chi connectivity index (χ0) is 33.6. The number of benzene rings is 6. The van der Waals surface area contributed by atoms with E-state index in [0.717, 1.165) is 28.7 Å². The Morgan fingerprint density at radius 1 is 0.490 bits per heavy atom. The predicted octanol–water partition coefficient (Wildman–Crippen LogP) is 8.96. The Morgan fingerprint density at radius 2 is 0.918 bits per heavy atom. The summed E-state index contributed by atoms with van der Waals surface area (Å²) in [4.78, 5) is 61.6. The van der Waals surface area contributed by atoms with Gasteiger partial charge in [-0.1, -0.05) is 135 Å². The molecule has 0 bridgehead atoms. The Kier molecular flexibility index (Phi) is 7.49. The van der Waals surface area contributed by atoms with Crippen molar-refractivity contribution in [2.45, 2.75) is 25.8 Å². The van der Waals surface area contributed by atoms with E-state index in [4.69, 9.17) is 0 Å². The zero-order valence-corrected chi connectivity index (χ0v) is 26.9. The van der Waals surface area contributed by atoms with Crippen molar-refractivity contribution in [3.05, 3.63) is 167 Å². The van der Waals surface area contributed by atoms with E-state index in [1.165, 1.54) is 9.80 Å². The number of nitrogens with zero attached hydrogens (tertiary/aromatic N) is 2. The van der Waals surface area contributed by atoms with Crippen molar-refractivity contribution in [1.82, 2.24) is 9.80 Å². The molecule has 0 radical (unpaired) electrons. The second-order valence-electron chi connectivity index (χ2n) is 12.5. The minimum atomic E-state index is -0.727. The molecule has 0 fully saturated rings. The largest absolute Gasteiger partial charge is 0.274 e. The summed E-state index contributed by atoms with van der Waals surface area (Å²) in [5.41, 5.74) is 5.39. The van der Waals surface area contributed by atoms with Crippen LogP contribution in [0, 0.1) is 0 Å². The van der Waals surface area contributed by atoms with Gasteiger partial charge in [0.2, 0.25) is 0 Å². The monoisotopic (exact) mass is 640 g/mol. The van der Waals surface area contributed by atoms with Crippen LogP contribution in [0.25, 0.3) is 33.0 Å². The van der Waals surface area contributed by atoms with Crippen molar-refractivity contribution >= 4 is 34.4 Å². The van der Waals surface area contributed by atoms with Crippen LogP contribution in [0.4, 0.5) is 0 Å². The quantitative estimate of drug-likeness (QED) is 0.156. The lowest BCUT2D eigenvalue weighted by Gasteiger charge is -2.37. The van der Waals surface area contributed by atoms with Crippen LogP contribution in [-0.4, -0.2) is 40.0 Å². The first-order chi connectivity index (χ1) is 24.0. The highest BCUT2D eigenvalue weighted by Crippen LogP contribution is 2.48. The number of hydrogen-bond acceptors (Lipinski definition) is 4. The fraction of sp³-hybridized carbons (Fsp3) is 0.116. The Bertz CT molecular complexity index is 2240. The molecule has 0 unspecified atom stereocenters. The molecule has 0 saturated heterocycles. The molecular weight excluding hydrogens is 608 g/mol. The predicted molar refractivity (Wildman–Crippen MR) is 190 cm³/mol. The SMILES string of the molecule is CCCCN1C(=O)c2cc(-c3ccccc3)c3c4c(cc(-c5ccccc5)c(c24)C1=O)C(=O)N(C(c1ccccc1)c1ccccc1)C3=O. The lowest BCUT2D eigenvalue weighted by molar-refractivity contribution is 0.0555. The number of hydrogen-bond donors (Lipinski definition) is 0. The minimum Gasteiger partial charge on any atom is -0.274 e. The summed E-state index contributed by atoms with van der Waals surface area (Å²) in [5.74, 6) is -1.79. The van der Waals surface area contributed by atoms with E-state index in [1.54, 1.807) is 12.1 Å². The molecule has 6 nitrogen and oxygen atoms in total. The van der Waals surface area contributed by atoms with Gasteiger partial charge in [0.1, 0.15) is 0 Å². The van der Waals surface area contributed by atoms with E-state index in [1.807, 2.05) is 128 Å². The normalized spacial score (nSPS) is 13.9. The summed E-state index contributed by atoms with van der Waals surface area (Å²) in [7, 11) is 0. The van der Waals surface area contributed by atoms with Crippen LogP contribution in [0.3, 0.4) is 0 Å². The molecule has 0 saturated carbocycles. The highest BCUT2D eigenvalue weighted by molar-refractivity contribution is 6.36. The van der Waals surface area contributed by atoms with Gasteiger partial charge in [0, 0.05) is 28.4 Å². The third kappa shape index (κ3) is 4.79. The molecule has 6 heteroatoms. The minimum absolute atomic E-state index is 0.273. The molecule has 8 rings (SSSR count). The summed E-state index contributed by atoms with van der Waals surface area (Å²) in [6.07, 6.45) is 1.46. The average Bonchev–Trinajstić information content (AvgIpc) is 3.15. The average molecular weight is 641 g/mol. The molecule has 2 aliphatic heterocycles. The molecule has 0 N–H and O–H groups in total. The summed E-state index contributed by atoms with van der Waals surface area (Å²) in [6, 6.07) is 40.8. The second kappa shape index (κ2) is 12.1. The molecule has 4 amide bonds. The van der Waals surface area contributed by atoms with Gasteiger partial charge in [-0.25, -0.2) is 0 Å². The number of imide groups is 2. The van der Waals surface area contributed by atoms with Crippen LogP contribution in [0.5, 0.6) is 0 Å². The van der Waals surface area contributed by atoms with Crippen LogP contribution in [-0.2, 0) is 0 Å². The number of carbonyl (C=O) groups excluding carboxylic acids is 4. The van der Waals surface area contributed by atoms with E-state index in [0.29, 0.717) is 45.0 Å². The summed E-state index contributed by atoms with van der Waals surface area (Å²) in [5, 5.41) is 0.722. The molecule has 0 aliphatic carbocycles. The zero-order valence-electron chi connectivity index (χ0n) is 26.9. The molecule has 6 aromatic rings. The third-order valence-corrected chi connectivity index (χ3v) is 9.61. The number of rotatable bonds is 8. The Balaban J connectivity index is 1.49. The van der Waals surface area contributed by atoms with Gasteiger partial charge >= 0.3 is 0 Å². The van der Waals surface area contributed by atoms with Crippen LogP contribution >= 0.6 is 0 Å². The highest BCUT2D eigenvalue weighted by atomic mass is 16.2. The Morgan fingerprint density at radius 3 is 1.39 bits per heavy atom. The van der Waals surface area contributed by atoms with Crippen molar-refractivity contribution in [2.75, 3.05) is 6.54 Å². The lowest BCUT2D eigenvalue weighted by Crippen LogP contribution is -2.45. The summed E-state index contributed by atoms with van der Waals surface area (Å²) >= 11 is 0. The van der Waals surface area contributed by atoms with E-state index in [2.05, 4.69) is 0 Å². The fourth-order valence-corrected chi connectivity index (χ4v) is 7.34. The van der Waals surface area contributed by atoms with Crippen LogP contribution in [0.1, 0.15) is 78.4 Å². The number of unbranched alkanes of at least 4 members (excludes halogenated alkanes) is 1. The van der Waals surface area contributed by atoms with Gasteiger partial charge in [0.25, 0.3) is 23.6 Å². The third-order valence-electron chi connectivity index (χ3n) is 9.61. The van der Waals surface area contributed by atoms with Gasteiger partial charge < -0.3 is 0 Å². The molecular formula is C43H32N2O4. The molecule has 2 aliphatic rings. The molecule has 2 heterocycles. The molecule has 6 aromatic carbocycles.